The molecule has 1 atom stereocenters. The lowest BCUT2D eigenvalue weighted by Crippen LogP contribution is -2.24. The standard InChI is InChI=1S/C22H23F2N5OS/c1-14-5-8-17(9-6-14)29-21(28-11-3-4-12-28)26-27-22(29)31-15(2)20(30)25-19-13-16(23)7-10-18(19)24/h5-10,13,15H,3-4,11-12H2,1-2H3,(H,25,30). The van der Waals surface area contributed by atoms with Crippen LogP contribution in [0.15, 0.2) is 47.6 Å². The second kappa shape index (κ2) is 9.05. The summed E-state index contributed by atoms with van der Waals surface area (Å²) in [4.78, 5) is 14.8. The minimum Gasteiger partial charge on any atom is -0.341 e. The lowest BCUT2D eigenvalue weighted by Gasteiger charge is -2.19. The van der Waals surface area contributed by atoms with Gasteiger partial charge in [0.2, 0.25) is 11.9 Å². The Labute approximate surface area is 183 Å². The van der Waals surface area contributed by atoms with Gasteiger partial charge in [0, 0.05) is 19.2 Å². The number of nitrogens with one attached hydrogen (secondary N) is 1. The van der Waals surface area contributed by atoms with E-state index < -0.39 is 22.8 Å². The van der Waals surface area contributed by atoms with Crippen molar-refractivity contribution in [2.45, 2.75) is 37.1 Å². The predicted octanol–water partition coefficient (Wildman–Crippen LogP) is 4.57. The first-order valence-corrected chi connectivity index (χ1v) is 11.0. The van der Waals surface area contributed by atoms with E-state index >= 15 is 0 Å². The van der Waals surface area contributed by atoms with Crippen molar-refractivity contribution in [3.05, 3.63) is 59.7 Å². The molecule has 1 aliphatic rings. The Kier molecular flexibility index (Phi) is 6.22. The first kappa shape index (κ1) is 21.3. The average Bonchev–Trinajstić information content (AvgIpc) is 3.41. The van der Waals surface area contributed by atoms with Gasteiger partial charge in [-0.3, -0.25) is 9.36 Å². The summed E-state index contributed by atoms with van der Waals surface area (Å²) < 4.78 is 29.3. The van der Waals surface area contributed by atoms with Crippen molar-refractivity contribution in [1.82, 2.24) is 14.8 Å². The number of aromatic nitrogens is 3. The molecule has 1 amide bonds. The van der Waals surface area contributed by atoms with Crippen molar-refractivity contribution in [1.29, 1.82) is 0 Å². The predicted molar refractivity (Wildman–Crippen MR) is 118 cm³/mol. The van der Waals surface area contributed by atoms with Crippen LogP contribution in [0.4, 0.5) is 20.4 Å². The first-order chi connectivity index (χ1) is 14.9. The normalized spacial score (nSPS) is 14.6. The minimum atomic E-state index is -0.689. The third kappa shape index (κ3) is 4.71. The summed E-state index contributed by atoms with van der Waals surface area (Å²) in [6.07, 6.45) is 2.20. The Morgan fingerprint density at radius 1 is 1.10 bits per heavy atom. The van der Waals surface area contributed by atoms with E-state index in [1.165, 1.54) is 11.8 Å². The van der Waals surface area contributed by atoms with Gasteiger partial charge in [0.1, 0.15) is 11.6 Å². The first-order valence-electron chi connectivity index (χ1n) is 10.1. The Morgan fingerprint density at radius 2 is 1.81 bits per heavy atom. The second-order valence-electron chi connectivity index (χ2n) is 7.52. The van der Waals surface area contributed by atoms with E-state index in [-0.39, 0.29) is 5.69 Å². The summed E-state index contributed by atoms with van der Waals surface area (Å²) in [7, 11) is 0. The van der Waals surface area contributed by atoms with Crippen LogP contribution in [0.1, 0.15) is 25.3 Å². The molecule has 6 nitrogen and oxygen atoms in total. The van der Waals surface area contributed by atoms with E-state index in [9.17, 15) is 13.6 Å². The molecule has 2 aromatic carbocycles. The molecule has 0 spiro atoms. The van der Waals surface area contributed by atoms with Gasteiger partial charge in [-0.15, -0.1) is 10.2 Å². The highest BCUT2D eigenvalue weighted by Crippen LogP contribution is 2.31. The van der Waals surface area contributed by atoms with Gasteiger partial charge in [-0.05, 0) is 51.0 Å². The molecule has 162 valence electrons. The Hall–Kier alpha value is -2.94. The highest BCUT2D eigenvalue weighted by atomic mass is 32.2. The molecule has 3 aromatic rings. The lowest BCUT2D eigenvalue weighted by molar-refractivity contribution is -0.115. The number of anilines is 2. The number of rotatable bonds is 6. The van der Waals surface area contributed by atoms with Gasteiger partial charge in [0.15, 0.2) is 5.16 Å². The monoisotopic (exact) mass is 443 g/mol. The van der Waals surface area contributed by atoms with E-state index in [1.807, 2.05) is 35.8 Å². The van der Waals surface area contributed by atoms with Gasteiger partial charge in [0.05, 0.1) is 16.6 Å². The zero-order chi connectivity index (χ0) is 22.0. The van der Waals surface area contributed by atoms with Gasteiger partial charge in [-0.2, -0.15) is 0 Å². The molecule has 31 heavy (non-hydrogen) atoms. The lowest BCUT2D eigenvalue weighted by atomic mass is 10.2. The van der Waals surface area contributed by atoms with Crippen LogP contribution in [0.2, 0.25) is 0 Å². The number of nitrogens with zero attached hydrogens (tertiary/aromatic N) is 4. The summed E-state index contributed by atoms with van der Waals surface area (Å²) in [5, 5.41) is 11.1. The van der Waals surface area contributed by atoms with E-state index in [2.05, 4.69) is 20.4 Å². The van der Waals surface area contributed by atoms with Crippen LogP contribution in [0.5, 0.6) is 0 Å². The van der Waals surface area contributed by atoms with Crippen LogP contribution in [0.3, 0.4) is 0 Å². The molecule has 1 aliphatic heterocycles. The number of carbonyl (C=O) groups excluding carboxylic acids is 1. The van der Waals surface area contributed by atoms with Crippen molar-refractivity contribution in [3.63, 3.8) is 0 Å². The van der Waals surface area contributed by atoms with Crippen LogP contribution in [-0.4, -0.2) is 39.0 Å². The molecule has 1 aromatic heterocycles. The smallest absolute Gasteiger partial charge is 0.237 e. The molecule has 0 radical (unpaired) electrons. The zero-order valence-electron chi connectivity index (χ0n) is 17.3. The van der Waals surface area contributed by atoms with Gasteiger partial charge in [-0.1, -0.05) is 29.5 Å². The fraction of sp³-hybridized carbons (Fsp3) is 0.318. The third-order valence-corrected chi connectivity index (χ3v) is 6.18. The average molecular weight is 444 g/mol. The molecule has 0 saturated carbocycles. The summed E-state index contributed by atoms with van der Waals surface area (Å²) in [6, 6.07) is 11.0. The van der Waals surface area contributed by atoms with Crippen LogP contribution in [0, 0.1) is 18.6 Å². The van der Waals surface area contributed by atoms with Crippen LogP contribution in [-0.2, 0) is 4.79 Å². The van der Waals surface area contributed by atoms with E-state index in [1.54, 1.807) is 6.92 Å². The Balaban J connectivity index is 1.59. The molecule has 1 unspecified atom stereocenters. The topological polar surface area (TPSA) is 63.1 Å². The minimum absolute atomic E-state index is 0.185. The molecular weight excluding hydrogens is 420 g/mol. The van der Waals surface area contributed by atoms with Crippen molar-refractivity contribution in [3.8, 4) is 5.69 Å². The largest absolute Gasteiger partial charge is 0.341 e. The Morgan fingerprint density at radius 3 is 2.52 bits per heavy atom. The maximum absolute atomic E-state index is 13.9. The van der Waals surface area contributed by atoms with Crippen LogP contribution < -0.4 is 10.2 Å². The zero-order valence-corrected chi connectivity index (χ0v) is 18.1. The maximum Gasteiger partial charge on any atom is 0.237 e. The third-order valence-electron chi connectivity index (χ3n) is 5.14. The quantitative estimate of drug-likeness (QED) is 0.566. The molecule has 0 aliphatic carbocycles. The summed E-state index contributed by atoms with van der Waals surface area (Å²) >= 11 is 1.22. The van der Waals surface area contributed by atoms with Gasteiger partial charge in [-0.25, -0.2) is 8.78 Å². The van der Waals surface area contributed by atoms with Crippen molar-refractivity contribution >= 4 is 29.3 Å². The number of hydrogen-bond acceptors (Lipinski definition) is 5. The molecule has 1 saturated heterocycles. The van der Waals surface area contributed by atoms with Crippen molar-refractivity contribution in [2.24, 2.45) is 0 Å². The number of carbonyl (C=O) groups is 1. The van der Waals surface area contributed by atoms with E-state index in [4.69, 9.17) is 0 Å². The molecule has 1 N–H and O–H groups in total. The van der Waals surface area contributed by atoms with E-state index in [0.717, 1.165) is 61.3 Å². The van der Waals surface area contributed by atoms with Gasteiger partial charge in [0.25, 0.3) is 0 Å². The molecule has 2 heterocycles. The fourth-order valence-corrected chi connectivity index (χ4v) is 4.28. The molecule has 9 heteroatoms. The van der Waals surface area contributed by atoms with Crippen LogP contribution >= 0.6 is 11.8 Å². The van der Waals surface area contributed by atoms with E-state index in [0.29, 0.717) is 5.16 Å². The summed E-state index contributed by atoms with van der Waals surface area (Å²) in [5.74, 6) is -1.01. The Bertz CT molecular complexity index is 1080. The van der Waals surface area contributed by atoms with Gasteiger partial charge < -0.3 is 10.2 Å². The highest BCUT2D eigenvalue weighted by molar-refractivity contribution is 8.00. The number of amides is 1. The second-order valence-corrected chi connectivity index (χ2v) is 8.83. The molecular formula is C22H23F2N5OS. The summed E-state index contributed by atoms with van der Waals surface area (Å²) in [6.45, 7) is 5.53. The SMILES string of the molecule is Cc1ccc(-n2c(SC(C)C(=O)Nc3cc(F)ccc3F)nnc2N2CCCC2)cc1. The fourth-order valence-electron chi connectivity index (χ4n) is 3.42. The molecule has 1 fully saturated rings. The molecule has 0 bridgehead atoms. The number of aryl methyl sites for hydroxylation is 1. The number of hydrogen-bond donors (Lipinski definition) is 1. The number of halogens is 2. The van der Waals surface area contributed by atoms with Crippen molar-refractivity contribution in [2.75, 3.05) is 23.3 Å². The number of benzene rings is 2. The summed E-state index contributed by atoms with van der Waals surface area (Å²) in [5.41, 5.74) is 1.86. The van der Waals surface area contributed by atoms with Gasteiger partial charge >= 0.3 is 0 Å². The maximum atomic E-state index is 13.9. The van der Waals surface area contributed by atoms with Crippen molar-refractivity contribution < 1.29 is 13.6 Å². The highest BCUT2D eigenvalue weighted by Gasteiger charge is 2.25. The molecule has 4 rings (SSSR count). The number of thioether (sulfide) groups is 1. The van der Waals surface area contributed by atoms with Crippen LogP contribution in [0.25, 0.3) is 5.69 Å².